The fraction of sp³-hybridized carbons (Fsp3) is 0.263. The number of hydrogen-bond acceptors (Lipinski definition) is 0. The molecule has 1 aromatic rings. The van der Waals surface area contributed by atoms with Crippen molar-refractivity contribution in [3.63, 3.8) is 0 Å². The molecule has 0 aliphatic heterocycles. The molecule has 2 aliphatic carbocycles. The van der Waals surface area contributed by atoms with E-state index in [0.717, 1.165) is 0 Å². The number of aryl methyl sites for hydroxylation is 3. The molecule has 1 aromatic carbocycles. The number of benzene rings is 1. The van der Waals surface area contributed by atoms with Crippen molar-refractivity contribution < 1.29 is 17.9 Å². The Hall–Kier alpha value is -1.11. The predicted molar refractivity (Wildman–Crippen MR) is 84.0 cm³/mol. The van der Waals surface area contributed by atoms with Gasteiger partial charge in [0, 0.05) is 0 Å². The number of allylic oxidation sites excluding steroid dienone is 8. The van der Waals surface area contributed by atoms with Crippen molar-refractivity contribution >= 4 is 3.87 Å². The summed E-state index contributed by atoms with van der Waals surface area (Å²) in [6, 6.07) is 4.72. The zero-order valence-corrected chi connectivity index (χ0v) is 14.1. The van der Waals surface area contributed by atoms with Crippen LogP contribution in [0.3, 0.4) is 0 Å². The molecule has 0 atom stereocenters. The molecular weight excluding hydrogens is 276 g/mol. The molecule has 0 unspecified atom stereocenters. The van der Waals surface area contributed by atoms with Crippen LogP contribution in [0.4, 0.5) is 0 Å². The molecule has 0 heterocycles. The van der Waals surface area contributed by atoms with Gasteiger partial charge in [0.15, 0.2) is 0 Å². The third-order valence-corrected chi connectivity index (χ3v) is 9.29. The summed E-state index contributed by atoms with van der Waals surface area (Å²) < 4.78 is 5.09. The Morgan fingerprint density at radius 1 is 0.800 bits per heavy atom. The molecular formula is C19H21Ti. The number of hydrogen-bond donors (Lipinski definition) is 0. The molecule has 0 nitrogen and oxygen atoms in total. The summed E-state index contributed by atoms with van der Waals surface area (Å²) in [5.41, 5.74) is 4.38. The first-order valence-electron chi connectivity index (χ1n) is 7.34. The van der Waals surface area contributed by atoms with E-state index in [2.05, 4.69) is 69.4 Å². The van der Waals surface area contributed by atoms with E-state index in [1.165, 1.54) is 29.5 Å². The van der Waals surface area contributed by atoms with Crippen molar-refractivity contribution in [2.45, 2.75) is 33.6 Å². The van der Waals surface area contributed by atoms with Gasteiger partial charge in [-0.3, -0.25) is 0 Å². The normalized spacial score (nSPS) is 16.6. The average Bonchev–Trinajstić information content (AvgIpc) is 3.07. The van der Waals surface area contributed by atoms with Gasteiger partial charge >= 0.3 is 128 Å². The molecule has 0 fully saturated rings. The first-order valence-corrected chi connectivity index (χ1v) is 9.68. The Kier molecular flexibility index (Phi) is 3.96. The van der Waals surface area contributed by atoms with E-state index in [9.17, 15) is 0 Å². The van der Waals surface area contributed by atoms with Gasteiger partial charge in [-0.15, -0.1) is 0 Å². The zero-order chi connectivity index (χ0) is 14.1. The van der Waals surface area contributed by atoms with Crippen LogP contribution in [0, 0.1) is 20.8 Å². The Labute approximate surface area is 128 Å². The molecule has 1 heteroatoms. The summed E-state index contributed by atoms with van der Waals surface area (Å²) in [5, 5.41) is 0. The van der Waals surface area contributed by atoms with Crippen LogP contribution in [0.5, 0.6) is 0 Å². The van der Waals surface area contributed by atoms with E-state index >= 15 is 0 Å². The van der Waals surface area contributed by atoms with Crippen LogP contribution in [0.15, 0.2) is 56.3 Å². The fourth-order valence-electron chi connectivity index (χ4n) is 3.37. The van der Waals surface area contributed by atoms with Gasteiger partial charge in [0.25, 0.3) is 0 Å². The summed E-state index contributed by atoms with van der Waals surface area (Å²) in [6.07, 6.45) is 16.2. The summed E-state index contributed by atoms with van der Waals surface area (Å²) >= 11 is -1.53. The molecule has 0 spiro atoms. The van der Waals surface area contributed by atoms with Gasteiger partial charge in [-0.1, -0.05) is 0 Å². The van der Waals surface area contributed by atoms with Gasteiger partial charge in [0.05, 0.1) is 0 Å². The molecule has 0 N–H and O–H groups in total. The van der Waals surface area contributed by atoms with Crippen LogP contribution in [0.1, 0.15) is 29.5 Å². The van der Waals surface area contributed by atoms with Gasteiger partial charge in [-0.2, -0.15) is 0 Å². The molecule has 0 bridgehead atoms. The van der Waals surface area contributed by atoms with Gasteiger partial charge in [-0.25, -0.2) is 0 Å². The van der Waals surface area contributed by atoms with Gasteiger partial charge in [-0.05, 0) is 0 Å². The minimum atomic E-state index is -1.53. The van der Waals surface area contributed by atoms with Crippen LogP contribution in [-0.4, -0.2) is 0 Å². The predicted octanol–water partition coefficient (Wildman–Crippen LogP) is 4.54. The Bertz CT molecular complexity index is 603. The van der Waals surface area contributed by atoms with Crippen LogP contribution < -0.4 is 3.87 Å². The summed E-state index contributed by atoms with van der Waals surface area (Å²) in [5.74, 6) is 0. The third kappa shape index (κ3) is 2.55. The molecule has 0 saturated carbocycles. The molecule has 101 valence electrons. The summed E-state index contributed by atoms with van der Waals surface area (Å²) in [6.45, 7) is 6.80. The van der Waals surface area contributed by atoms with Crippen molar-refractivity contribution in [3.05, 3.63) is 73.0 Å². The minimum absolute atomic E-state index is 1.17. The van der Waals surface area contributed by atoms with Crippen LogP contribution in [-0.2, 0) is 17.9 Å². The monoisotopic (exact) mass is 297 g/mol. The van der Waals surface area contributed by atoms with Crippen LogP contribution in [0.25, 0.3) is 0 Å². The van der Waals surface area contributed by atoms with E-state index in [1.54, 1.807) is 11.6 Å². The molecule has 0 aromatic heterocycles. The quantitative estimate of drug-likeness (QED) is 0.718. The second kappa shape index (κ2) is 5.72. The molecule has 2 aliphatic rings. The second-order valence-electron chi connectivity index (χ2n) is 5.80. The number of rotatable bonds is 3. The maximum absolute atomic E-state index is 2.38. The van der Waals surface area contributed by atoms with Crippen molar-refractivity contribution in [1.29, 1.82) is 0 Å². The average molecular weight is 297 g/mol. The van der Waals surface area contributed by atoms with E-state index in [4.69, 9.17) is 0 Å². The molecule has 20 heavy (non-hydrogen) atoms. The van der Waals surface area contributed by atoms with E-state index in [1.807, 2.05) is 0 Å². The van der Waals surface area contributed by atoms with Crippen molar-refractivity contribution in [1.82, 2.24) is 0 Å². The topological polar surface area (TPSA) is 0 Å². The summed E-state index contributed by atoms with van der Waals surface area (Å²) in [4.78, 5) is 0. The van der Waals surface area contributed by atoms with Crippen molar-refractivity contribution in [2.24, 2.45) is 0 Å². The standard InChI is InChI=1S/C9H11.2C5H5.Ti/c1-7-4-8(2)6-9(3)5-7;2*1-2-4-5-3-1;/h4-5H,1-3H3;2*1-3H,4H2;. The van der Waals surface area contributed by atoms with Crippen LogP contribution in [0.2, 0.25) is 0 Å². The van der Waals surface area contributed by atoms with E-state index in [-0.39, 0.29) is 0 Å². The van der Waals surface area contributed by atoms with Crippen molar-refractivity contribution in [3.8, 4) is 0 Å². The SMILES string of the molecule is Cc1cc(C)[c]([Ti]([C]2=CC=CC2)[C]2=CC=CC2)c(C)c1. The van der Waals surface area contributed by atoms with E-state index < -0.39 is 17.9 Å². The third-order valence-electron chi connectivity index (χ3n) is 4.11. The maximum atomic E-state index is 2.38. The van der Waals surface area contributed by atoms with Crippen molar-refractivity contribution in [2.75, 3.05) is 0 Å². The second-order valence-corrected chi connectivity index (χ2v) is 9.75. The molecule has 0 saturated heterocycles. The first kappa shape index (κ1) is 13.9. The van der Waals surface area contributed by atoms with Gasteiger partial charge < -0.3 is 0 Å². The molecule has 3 rings (SSSR count). The molecule has 0 radical (unpaired) electrons. The van der Waals surface area contributed by atoms with Gasteiger partial charge in [0.2, 0.25) is 0 Å². The Morgan fingerprint density at radius 3 is 1.70 bits per heavy atom. The Balaban J connectivity index is 2.10. The zero-order valence-electron chi connectivity index (χ0n) is 12.5. The van der Waals surface area contributed by atoms with Crippen LogP contribution >= 0.6 is 0 Å². The first-order chi connectivity index (χ1) is 9.66. The Morgan fingerprint density at radius 2 is 1.30 bits per heavy atom. The van der Waals surface area contributed by atoms with E-state index in [0.29, 0.717) is 0 Å². The fourth-order valence-corrected chi connectivity index (χ4v) is 8.30. The summed E-state index contributed by atoms with van der Waals surface area (Å²) in [7, 11) is 0. The molecule has 0 amide bonds. The van der Waals surface area contributed by atoms with Gasteiger partial charge in [0.1, 0.15) is 0 Å².